The number of hydrogen-bond donors (Lipinski definition) is 3. The Morgan fingerprint density at radius 1 is 0.878 bits per heavy atom. The highest BCUT2D eigenvalue weighted by atomic mass is 31.2. The minimum absolute atomic E-state index is 0.00333. The highest BCUT2D eigenvalue weighted by Gasteiger charge is 2.50. The smallest absolute Gasteiger partial charge is 0.407 e. The molecule has 3 aromatic carbocycles. The quantitative estimate of drug-likeness (QED) is 0.0189. The topological polar surface area (TPSA) is 186 Å². The van der Waals surface area contributed by atoms with Gasteiger partial charge in [-0.2, -0.15) is 5.26 Å². The van der Waals surface area contributed by atoms with Crippen LogP contribution in [0.25, 0.3) is 6.08 Å². The maximum absolute atomic E-state index is 13.8. The summed E-state index contributed by atoms with van der Waals surface area (Å²) in [6, 6.07) is 28.4. The van der Waals surface area contributed by atoms with Crippen LogP contribution in [-0.2, 0) is 33.7 Å². The number of fused-ring (bicyclic) bond motifs is 1. The average molecular weight is 1030 g/mol. The van der Waals surface area contributed by atoms with Crippen LogP contribution in [0.2, 0.25) is 0 Å². The largest absolute Gasteiger partial charge is 0.449 e. The average Bonchev–Trinajstić information content (AvgIpc) is 3.86. The molecule has 0 spiro atoms. The Hall–Kier alpha value is -5.90. The molecule has 3 aliphatic rings. The first-order valence-electron chi connectivity index (χ1n) is 26.2. The number of aryl methyl sites for hydroxylation is 2. The molecule has 15 nitrogen and oxygen atoms in total. The van der Waals surface area contributed by atoms with Crippen LogP contribution in [0.15, 0.2) is 101 Å². The molecule has 2 fully saturated rings. The molecule has 1 saturated carbocycles. The molecule has 2 aliphatic carbocycles. The van der Waals surface area contributed by atoms with Crippen LogP contribution in [0.4, 0.5) is 4.79 Å². The molecule has 0 radical (unpaired) electrons. The lowest BCUT2D eigenvalue weighted by atomic mass is 9.79. The molecule has 3 N–H and O–H groups in total. The molecular weight excluding hydrogens is 956 g/mol. The Morgan fingerprint density at radius 3 is 2.07 bits per heavy atom. The van der Waals surface area contributed by atoms with Gasteiger partial charge >= 0.3 is 11.8 Å². The molecule has 4 aromatic rings. The van der Waals surface area contributed by atoms with Gasteiger partial charge in [0.1, 0.15) is 17.9 Å². The van der Waals surface area contributed by atoms with Gasteiger partial charge in [0.25, 0.3) is 14.1 Å². The van der Waals surface area contributed by atoms with Crippen LogP contribution in [0.3, 0.4) is 0 Å². The fourth-order valence-corrected chi connectivity index (χ4v) is 11.8. The molecule has 2 heterocycles. The van der Waals surface area contributed by atoms with E-state index in [2.05, 4.69) is 65.9 Å². The maximum Gasteiger partial charge on any atom is 0.407 e. The number of amides is 2. The lowest BCUT2D eigenvalue weighted by Crippen LogP contribution is -2.42. The van der Waals surface area contributed by atoms with Crippen molar-refractivity contribution in [2.45, 2.75) is 142 Å². The van der Waals surface area contributed by atoms with Gasteiger partial charge in [-0.3, -0.25) is 19.1 Å². The van der Waals surface area contributed by atoms with Gasteiger partial charge in [0.2, 0.25) is 5.91 Å². The summed E-state index contributed by atoms with van der Waals surface area (Å²) in [6.07, 6.45) is 8.24. The van der Waals surface area contributed by atoms with Crippen molar-refractivity contribution < 1.29 is 32.8 Å². The molecule has 1 saturated heterocycles. The number of benzene rings is 3. The monoisotopic (exact) mass is 1030 g/mol. The molecule has 394 valence electrons. The third kappa shape index (κ3) is 14.7. The Balaban J connectivity index is 1.04. The second-order valence-electron chi connectivity index (χ2n) is 20.0. The molecule has 7 rings (SSSR count). The summed E-state index contributed by atoms with van der Waals surface area (Å²) >= 11 is 0. The zero-order valence-electron chi connectivity index (χ0n) is 43.7. The van der Waals surface area contributed by atoms with Crippen LogP contribution >= 0.6 is 8.53 Å². The number of alkyl carbamates (subject to hydrolysis) is 1. The molecule has 7 atom stereocenters. The van der Waals surface area contributed by atoms with Crippen molar-refractivity contribution in [1.82, 2.24) is 24.9 Å². The fourth-order valence-electron chi connectivity index (χ4n) is 10.1. The first kappa shape index (κ1) is 55.8. The fraction of sp³-hybridized carbons (Fsp3) is 0.500. The number of rotatable bonds is 25. The second-order valence-corrected chi connectivity index (χ2v) is 21.4. The van der Waals surface area contributed by atoms with Crippen LogP contribution in [0.1, 0.15) is 132 Å². The van der Waals surface area contributed by atoms with Gasteiger partial charge in [-0.25, -0.2) is 14.3 Å². The SMILES string of the molecule is Cc1ccc(C(O[C@H]2O[C@@H](n3cc(/C=C/C(=O)NCCCCCCNC(=O)OCC4[C@H]5CCC#CCC[C@@H]45)c(=O)[nH]c3=O)C[C@H]2OP(OCCC#N)N(C(C)C)C(C)C)(c2ccccc2)c2ccc(C)cc2)cc1. The van der Waals surface area contributed by atoms with Gasteiger partial charge < -0.3 is 33.9 Å². The zero-order chi connectivity index (χ0) is 52.6. The van der Waals surface area contributed by atoms with Crippen molar-refractivity contribution in [3.63, 3.8) is 0 Å². The Labute approximate surface area is 437 Å². The number of ether oxygens (including phenoxy) is 3. The van der Waals surface area contributed by atoms with E-state index < -0.39 is 49.9 Å². The number of H-pyrrole nitrogens is 1. The zero-order valence-corrected chi connectivity index (χ0v) is 44.6. The van der Waals surface area contributed by atoms with E-state index in [1.54, 1.807) is 0 Å². The summed E-state index contributed by atoms with van der Waals surface area (Å²) in [6.45, 7) is 13.8. The van der Waals surface area contributed by atoms with Crippen molar-refractivity contribution in [3.05, 3.63) is 145 Å². The molecule has 1 aliphatic heterocycles. The van der Waals surface area contributed by atoms with Crippen molar-refractivity contribution >= 4 is 26.6 Å². The van der Waals surface area contributed by atoms with E-state index in [4.69, 9.17) is 23.3 Å². The molecule has 1 aromatic heterocycles. The summed E-state index contributed by atoms with van der Waals surface area (Å²) in [5.41, 5.74) is 2.08. The van der Waals surface area contributed by atoms with Crippen LogP contribution in [0.5, 0.6) is 0 Å². The van der Waals surface area contributed by atoms with Gasteiger partial charge in [0.05, 0.1) is 31.3 Å². The summed E-state index contributed by atoms with van der Waals surface area (Å²) in [5, 5.41) is 15.2. The van der Waals surface area contributed by atoms with Gasteiger partial charge in [0.15, 0.2) is 6.29 Å². The van der Waals surface area contributed by atoms with E-state index in [9.17, 15) is 24.4 Å². The molecule has 74 heavy (non-hydrogen) atoms. The third-order valence-corrected chi connectivity index (χ3v) is 16.1. The highest BCUT2D eigenvalue weighted by molar-refractivity contribution is 7.44. The van der Waals surface area contributed by atoms with Crippen molar-refractivity contribution in [3.8, 4) is 17.9 Å². The minimum atomic E-state index is -1.80. The van der Waals surface area contributed by atoms with E-state index in [-0.39, 0.29) is 43.2 Å². The van der Waals surface area contributed by atoms with Gasteiger partial charge in [0, 0.05) is 56.7 Å². The van der Waals surface area contributed by atoms with E-state index in [0.29, 0.717) is 37.5 Å². The number of carbonyl (C=O) groups is 2. The summed E-state index contributed by atoms with van der Waals surface area (Å²) in [7, 11) is -1.80. The Bertz CT molecular complexity index is 2650. The third-order valence-electron chi connectivity index (χ3n) is 13.9. The first-order chi connectivity index (χ1) is 35.8. The van der Waals surface area contributed by atoms with E-state index in [1.165, 1.54) is 22.9 Å². The van der Waals surface area contributed by atoms with Crippen molar-refractivity contribution in [2.75, 3.05) is 26.3 Å². The lowest BCUT2D eigenvalue weighted by molar-refractivity contribution is -0.214. The molecule has 16 heteroatoms. The van der Waals surface area contributed by atoms with Crippen molar-refractivity contribution in [1.29, 1.82) is 5.26 Å². The molecular formula is C58H73N6O9P. The summed E-state index contributed by atoms with van der Waals surface area (Å²) in [4.78, 5) is 54.8. The Kier molecular flexibility index (Phi) is 20.4. The number of aromatic nitrogens is 2. The van der Waals surface area contributed by atoms with Gasteiger partial charge in [-0.05, 0) is 108 Å². The predicted molar refractivity (Wildman–Crippen MR) is 286 cm³/mol. The molecule has 2 unspecified atom stereocenters. The van der Waals surface area contributed by atoms with E-state index in [0.717, 1.165) is 79.2 Å². The molecule has 0 bridgehead atoms. The minimum Gasteiger partial charge on any atom is -0.449 e. The summed E-state index contributed by atoms with van der Waals surface area (Å²) < 4.78 is 36.7. The number of nitrogens with zero attached hydrogens (tertiary/aromatic N) is 3. The number of unbranched alkanes of at least 4 members (excludes halogenated alkanes) is 3. The van der Waals surface area contributed by atoms with E-state index >= 15 is 0 Å². The number of aromatic amines is 1. The van der Waals surface area contributed by atoms with Gasteiger partial charge in [-0.1, -0.05) is 103 Å². The van der Waals surface area contributed by atoms with Crippen LogP contribution in [0, 0.1) is 54.8 Å². The lowest BCUT2D eigenvalue weighted by Gasteiger charge is -2.40. The standard InChI is InChI=1S/C58H73N6O9P/c1-40(2)64(41(3)4)74(70-36-18-33-59)73-51-37-53(71-55(51)72-58(45-19-12-11-13-20-45,46-28-23-42(5)24-29-46)47-30-25-43(6)26-31-47)63-38-44(54(66)62-56(63)67)27-32-52(65)60-34-16-9-10-17-35-61-57(68)69-39-50-48-21-14-7-8-15-22-49(48)50/h11-13,19-20,23-32,38,40-41,48-51,53,55H,9-10,14-18,21-22,34-37,39H2,1-6H3,(H,60,65)(H,61,68)(H,62,66,67)/b32-27+/t48-,49+,50?,51-,53-,55-,74?/m1/s1. The highest BCUT2D eigenvalue weighted by Crippen LogP contribution is 2.53. The Morgan fingerprint density at radius 2 is 1.47 bits per heavy atom. The maximum atomic E-state index is 13.8. The predicted octanol–water partition coefficient (Wildman–Crippen LogP) is 9.92. The number of nitriles is 1. The number of carbonyl (C=O) groups excluding carboxylic acids is 2. The van der Waals surface area contributed by atoms with Crippen LogP contribution < -0.4 is 21.9 Å². The second kappa shape index (κ2) is 27.1. The normalized spacial score (nSPS) is 20.8. The van der Waals surface area contributed by atoms with Crippen molar-refractivity contribution in [2.24, 2.45) is 17.8 Å². The summed E-state index contributed by atoms with van der Waals surface area (Å²) in [5.74, 6) is 7.75. The number of nitrogens with one attached hydrogen (secondary N) is 3. The van der Waals surface area contributed by atoms with E-state index in [1.807, 2.05) is 92.7 Å². The first-order valence-corrected chi connectivity index (χ1v) is 27.4. The number of hydrogen-bond acceptors (Lipinski definition) is 11. The van der Waals surface area contributed by atoms with Gasteiger partial charge in [-0.15, -0.1) is 11.8 Å². The molecule has 2 amide bonds. The van der Waals surface area contributed by atoms with Crippen LogP contribution in [-0.4, -0.2) is 77.0 Å².